The van der Waals surface area contributed by atoms with Crippen molar-refractivity contribution in [3.63, 3.8) is 0 Å². The third-order valence-corrected chi connectivity index (χ3v) is 7.35. The average Bonchev–Trinajstić information content (AvgIpc) is 2.85. The lowest BCUT2D eigenvalue weighted by Gasteiger charge is -2.50. The molecule has 0 radical (unpaired) electrons. The first-order valence-corrected chi connectivity index (χ1v) is 12.0. The van der Waals surface area contributed by atoms with Gasteiger partial charge < -0.3 is 9.64 Å². The molecule has 0 aromatic heterocycles. The number of benzene rings is 2. The summed E-state index contributed by atoms with van der Waals surface area (Å²) in [7, 11) is 3.18. The van der Waals surface area contributed by atoms with E-state index in [0.717, 1.165) is 21.8 Å². The van der Waals surface area contributed by atoms with Crippen molar-refractivity contribution >= 4 is 29.4 Å². The van der Waals surface area contributed by atoms with Crippen LogP contribution in [0.15, 0.2) is 48.5 Å². The molecule has 2 aromatic rings. The molecular formula is C23H27N5O5S. The van der Waals surface area contributed by atoms with Crippen LogP contribution >= 0.6 is 11.8 Å². The monoisotopic (exact) mass is 485 g/mol. The molecule has 2 N–H and O–H groups in total. The number of nitrogens with one attached hydrogen (secondary N) is 2. The van der Waals surface area contributed by atoms with E-state index in [9.17, 15) is 19.7 Å². The summed E-state index contributed by atoms with van der Waals surface area (Å²) in [5, 5.41) is 17.6. The maximum atomic E-state index is 13.1. The van der Waals surface area contributed by atoms with Gasteiger partial charge >= 0.3 is 6.03 Å². The molecule has 3 amide bonds. The van der Waals surface area contributed by atoms with E-state index >= 15 is 0 Å². The Hall–Kier alpha value is -3.15. The van der Waals surface area contributed by atoms with Crippen LogP contribution in [0.4, 0.5) is 10.5 Å². The summed E-state index contributed by atoms with van der Waals surface area (Å²) in [4.78, 5) is 38.9. The fourth-order valence-electron chi connectivity index (χ4n) is 4.21. The number of non-ortho nitro benzene ring substituents is 1. The van der Waals surface area contributed by atoms with Gasteiger partial charge in [0.05, 0.1) is 35.2 Å². The number of hydrogen-bond acceptors (Lipinski definition) is 8. The summed E-state index contributed by atoms with van der Waals surface area (Å²) < 4.78 is 5.53. The summed E-state index contributed by atoms with van der Waals surface area (Å²) in [5.41, 5.74) is 1.90. The van der Waals surface area contributed by atoms with E-state index in [1.54, 1.807) is 24.1 Å². The predicted molar refractivity (Wildman–Crippen MR) is 128 cm³/mol. The van der Waals surface area contributed by atoms with Crippen molar-refractivity contribution in [3.05, 3.63) is 69.8 Å². The number of hydrogen-bond donors (Lipinski definition) is 2. The topological polar surface area (TPSA) is 117 Å². The molecule has 4 unspecified atom stereocenters. The van der Waals surface area contributed by atoms with E-state index in [1.165, 1.54) is 30.9 Å². The number of nitrogens with zero attached hydrogens (tertiary/aromatic N) is 3. The molecule has 0 spiro atoms. The van der Waals surface area contributed by atoms with Gasteiger partial charge in [0.25, 0.3) is 5.69 Å². The second kappa shape index (κ2) is 10.00. The van der Waals surface area contributed by atoms with Gasteiger partial charge in [0.1, 0.15) is 5.75 Å². The van der Waals surface area contributed by atoms with Crippen LogP contribution < -0.4 is 15.4 Å². The number of rotatable bonds is 7. The molecule has 4 rings (SSSR count). The Labute approximate surface area is 201 Å². The van der Waals surface area contributed by atoms with Gasteiger partial charge in [-0.15, -0.1) is 11.8 Å². The smallest absolute Gasteiger partial charge is 0.327 e. The van der Waals surface area contributed by atoms with Gasteiger partial charge in [-0.1, -0.05) is 24.3 Å². The molecule has 2 heterocycles. The zero-order valence-electron chi connectivity index (χ0n) is 19.1. The fourth-order valence-corrected chi connectivity index (χ4v) is 5.48. The zero-order valence-corrected chi connectivity index (χ0v) is 20.0. The van der Waals surface area contributed by atoms with Crippen LogP contribution in [-0.2, 0) is 10.5 Å². The third kappa shape index (κ3) is 4.72. The van der Waals surface area contributed by atoms with Gasteiger partial charge in [-0.05, 0) is 30.2 Å². The molecule has 180 valence electrons. The summed E-state index contributed by atoms with van der Waals surface area (Å²) in [6, 6.07) is 13.7. The van der Waals surface area contributed by atoms with Gasteiger partial charge in [0.15, 0.2) is 0 Å². The normalized spacial score (nSPS) is 24.7. The fraction of sp³-hybridized carbons (Fsp3) is 0.391. The number of nitro groups is 1. The highest BCUT2D eigenvalue weighted by atomic mass is 32.2. The van der Waals surface area contributed by atoms with Crippen LogP contribution in [0.2, 0.25) is 0 Å². The number of thioether (sulfide) groups is 1. The minimum atomic E-state index is -0.505. The quantitative estimate of drug-likeness (QED) is 0.454. The van der Waals surface area contributed by atoms with Crippen LogP contribution in [0.1, 0.15) is 24.2 Å². The number of ether oxygens (including phenoxy) is 1. The van der Waals surface area contributed by atoms with E-state index in [1.807, 2.05) is 31.2 Å². The van der Waals surface area contributed by atoms with Crippen LogP contribution in [0.3, 0.4) is 0 Å². The highest BCUT2D eigenvalue weighted by Crippen LogP contribution is 2.36. The number of fused-ring (bicyclic) bond motifs is 1. The summed E-state index contributed by atoms with van der Waals surface area (Å²) in [5.74, 6) is 0.559. The van der Waals surface area contributed by atoms with Crippen molar-refractivity contribution < 1.29 is 19.2 Å². The van der Waals surface area contributed by atoms with Gasteiger partial charge in [-0.3, -0.25) is 30.4 Å². The zero-order chi connectivity index (χ0) is 24.4. The molecule has 10 nitrogen and oxygen atoms in total. The number of imide groups is 1. The van der Waals surface area contributed by atoms with Crippen molar-refractivity contribution in [1.82, 2.24) is 20.4 Å². The lowest BCUT2D eigenvalue weighted by atomic mass is 9.96. The Kier molecular flexibility index (Phi) is 7.05. The number of urea groups is 1. The van der Waals surface area contributed by atoms with Gasteiger partial charge in [-0.25, -0.2) is 4.79 Å². The molecule has 0 bridgehead atoms. The highest BCUT2D eigenvalue weighted by Gasteiger charge is 2.51. The van der Waals surface area contributed by atoms with E-state index in [-0.39, 0.29) is 29.2 Å². The Morgan fingerprint density at radius 1 is 1.06 bits per heavy atom. The second-order valence-electron chi connectivity index (χ2n) is 8.18. The first-order chi connectivity index (χ1) is 16.3. The summed E-state index contributed by atoms with van der Waals surface area (Å²) in [6.45, 7) is 2.50. The maximum Gasteiger partial charge on any atom is 0.327 e. The van der Waals surface area contributed by atoms with Crippen molar-refractivity contribution in [2.24, 2.45) is 5.92 Å². The first-order valence-electron chi connectivity index (χ1n) is 10.9. The Morgan fingerprint density at radius 2 is 1.74 bits per heavy atom. The van der Waals surface area contributed by atoms with Crippen molar-refractivity contribution in [2.45, 2.75) is 30.4 Å². The van der Waals surface area contributed by atoms with Crippen molar-refractivity contribution in [3.8, 4) is 5.75 Å². The van der Waals surface area contributed by atoms with Crippen LogP contribution in [0.5, 0.6) is 5.75 Å². The van der Waals surface area contributed by atoms with E-state index in [2.05, 4.69) is 10.6 Å². The molecular weight excluding hydrogens is 458 g/mol. The number of carbonyl (C=O) groups is 2. The molecule has 2 aliphatic heterocycles. The van der Waals surface area contributed by atoms with E-state index < -0.39 is 17.0 Å². The molecule has 2 aliphatic rings. The predicted octanol–water partition coefficient (Wildman–Crippen LogP) is 2.91. The molecule has 0 saturated carbocycles. The van der Waals surface area contributed by atoms with E-state index in [4.69, 9.17) is 4.74 Å². The summed E-state index contributed by atoms with van der Waals surface area (Å²) in [6.07, 6.45) is -0.777. The summed E-state index contributed by atoms with van der Waals surface area (Å²) >= 11 is 1.54. The Balaban J connectivity index is 1.57. The third-order valence-electron chi connectivity index (χ3n) is 6.06. The standard InChI is InChI=1S/C23H27N5O5S/c1-4-33-17-11-7-15(8-12-17)19-24-20-18(22(29)27(3)23(30)26(20)2)21(25-19)34-13-14-5-9-16(10-6-14)28(31)32/h5-12,18-21,24-25H,4,13H2,1-3H3. The Bertz CT molecular complexity index is 1060. The average molecular weight is 486 g/mol. The second-order valence-corrected chi connectivity index (χ2v) is 9.31. The largest absolute Gasteiger partial charge is 0.494 e. The van der Waals surface area contributed by atoms with Gasteiger partial charge in [-0.2, -0.15) is 0 Å². The molecule has 4 atom stereocenters. The Morgan fingerprint density at radius 3 is 2.35 bits per heavy atom. The molecule has 2 saturated heterocycles. The van der Waals surface area contributed by atoms with Gasteiger partial charge in [0.2, 0.25) is 5.91 Å². The molecule has 2 fully saturated rings. The van der Waals surface area contributed by atoms with E-state index in [0.29, 0.717) is 12.4 Å². The van der Waals surface area contributed by atoms with Gasteiger partial charge in [0, 0.05) is 32.0 Å². The molecule has 34 heavy (non-hydrogen) atoms. The number of nitro benzene ring substituents is 1. The molecule has 0 aliphatic carbocycles. The SMILES string of the molecule is CCOc1ccc(C2NC(SCc3ccc([N+](=O)[O-])cc3)C3C(=O)N(C)C(=O)N(C)C3N2)cc1. The number of carbonyl (C=O) groups excluding carboxylic acids is 2. The minimum Gasteiger partial charge on any atom is -0.494 e. The molecule has 11 heteroatoms. The van der Waals surface area contributed by atoms with Crippen LogP contribution in [-0.4, -0.2) is 58.9 Å². The van der Waals surface area contributed by atoms with Crippen LogP contribution in [0, 0.1) is 16.0 Å². The first kappa shape index (κ1) is 24.0. The number of amides is 3. The van der Waals surface area contributed by atoms with Crippen molar-refractivity contribution in [2.75, 3.05) is 20.7 Å². The molecule has 2 aromatic carbocycles. The van der Waals surface area contributed by atoms with Crippen LogP contribution in [0.25, 0.3) is 0 Å². The van der Waals surface area contributed by atoms with Crippen molar-refractivity contribution in [1.29, 1.82) is 0 Å². The minimum absolute atomic E-state index is 0.0357. The highest BCUT2D eigenvalue weighted by molar-refractivity contribution is 7.99. The maximum absolute atomic E-state index is 13.1. The lowest BCUT2D eigenvalue weighted by Crippen LogP contribution is -2.72. The lowest BCUT2D eigenvalue weighted by molar-refractivity contribution is -0.384.